The molecule has 6 heterocycles. The van der Waals surface area contributed by atoms with E-state index in [1.165, 1.54) is 14.2 Å². The predicted molar refractivity (Wildman–Crippen MR) is 595 cm³/mol. The van der Waals surface area contributed by atoms with E-state index in [9.17, 15) is 24.0 Å². The molecule has 2 atom stereocenters. The fourth-order valence-electron chi connectivity index (χ4n) is 18.1. The number of aliphatic hydroxyl groups excluding tert-OH is 1. The molecule has 776 valence electrons. The molecule has 0 aromatic heterocycles. The lowest BCUT2D eigenvalue weighted by molar-refractivity contribution is -0.116. The van der Waals surface area contributed by atoms with Gasteiger partial charge in [0.1, 0.15) is 69.3 Å². The van der Waals surface area contributed by atoms with Gasteiger partial charge in [-0.05, 0) is 239 Å². The van der Waals surface area contributed by atoms with Gasteiger partial charge in [0.15, 0.2) is 0 Å². The number of aliphatic imine (C=N–C) groups is 4. The van der Waals surface area contributed by atoms with Crippen LogP contribution in [0.15, 0.2) is 226 Å². The number of β-amino-alcohol motifs (C(OH)–C–C–N with tert-alkyl or cyclic N) is 1. The van der Waals surface area contributed by atoms with Gasteiger partial charge in [0.05, 0.1) is 126 Å². The van der Waals surface area contributed by atoms with Crippen LogP contribution in [0.2, 0.25) is 30.1 Å². The first-order valence-corrected chi connectivity index (χ1v) is 50.5. The summed E-state index contributed by atoms with van der Waals surface area (Å²) in [5.74, 6) is 5.40. The van der Waals surface area contributed by atoms with Crippen molar-refractivity contribution in [3.05, 3.63) is 303 Å². The number of aliphatic hydroxyl groups is 1. The molecule has 6 aliphatic rings. The fraction of sp³-hybridized carbons (Fsp3) is 0.283. The van der Waals surface area contributed by atoms with E-state index in [0.717, 1.165) is 160 Å². The minimum atomic E-state index is -0.300. The first kappa shape index (κ1) is 109. The second-order valence-corrected chi connectivity index (χ2v) is 38.7. The Kier molecular flexibility index (Phi) is 36.9. The van der Waals surface area contributed by atoms with Crippen molar-refractivity contribution in [3.8, 4) is 90.5 Å². The number of hydrogen-bond acceptors (Lipinski definition) is 25. The highest BCUT2D eigenvalue weighted by molar-refractivity contribution is 6.43. The van der Waals surface area contributed by atoms with Crippen molar-refractivity contribution >= 4 is 145 Å². The molecule has 5 amide bonds. The Morgan fingerprint density at radius 1 is 0.369 bits per heavy atom. The number of methoxy groups -OCH3 is 8. The van der Waals surface area contributed by atoms with E-state index in [1.54, 1.807) is 90.0 Å². The zero-order valence-corrected chi connectivity index (χ0v) is 89.7. The van der Waals surface area contributed by atoms with Gasteiger partial charge < -0.3 is 99.8 Å². The van der Waals surface area contributed by atoms with Crippen molar-refractivity contribution in [2.45, 2.75) is 58.5 Å². The summed E-state index contributed by atoms with van der Waals surface area (Å²) in [5.41, 5.74) is 19.6. The lowest BCUT2D eigenvalue weighted by Gasteiger charge is -2.37. The van der Waals surface area contributed by atoms with Crippen molar-refractivity contribution in [1.82, 2.24) is 41.3 Å². The topological polar surface area (TPSA) is 329 Å². The Bertz CT molecular complexity index is 6970. The summed E-state index contributed by atoms with van der Waals surface area (Å²) in [6, 6.07) is 64.6. The van der Waals surface area contributed by atoms with Crippen LogP contribution in [0.3, 0.4) is 0 Å². The number of benzene rings is 12. The normalized spacial score (nSPS) is 14.6. The molecular formula is C113H118Cl6N16O14. The molecule has 8 N–H and O–H groups in total. The number of carbonyl (C=O) groups is 5. The van der Waals surface area contributed by atoms with Gasteiger partial charge in [-0.25, -0.2) is 0 Å². The number of ether oxygens (including phenoxy) is 8. The number of nitrogens with one attached hydrogen (secondary N) is 7. The zero-order chi connectivity index (χ0) is 106. The van der Waals surface area contributed by atoms with Crippen LogP contribution in [-0.2, 0) is 31.0 Å². The molecule has 0 bridgehead atoms. The van der Waals surface area contributed by atoms with Crippen LogP contribution in [0.1, 0.15) is 106 Å². The number of fused-ring (bicyclic) bond motifs is 4. The number of likely N-dealkylation sites (N-methyl/N-ethyl adjacent to an activating group) is 1. The maximum Gasteiger partial charge on any atom is 0.256 e. The monoisotopic (exact) mass is 2130 g/mol. The largest absolute Gasteiger partial charge is 0.497 e. The third-order valence-corrected chi connectivity index (χ3v) is 28.0. The molecular weight excluding hydrogens is 2020 g/mol. The van der Waals surface area contributed by atoms with Crippen LogP contribution in [0.25, 0.3) is 44.5 Å². The number of nitrogens with zero attached hydrogens (tertiary/aromatic N) is 9. The maximum absolute atomic E-state index is 13.0. The number of amides is 5. The first-order chi connectivity index (χ1) is 71.9. The van der Waals surface area contributed by atoms with Crippen molar-refractivity contribution in [2.24, 2.45) is 20.0 Å². The Balaban J connectivity index is 0.000000149. The van der Waals surface area contributed by atoms with E-state index >= 15 is 0 Å². The molecule has 2 fully saturated rings. The summed E-state index contributed by atoms with van der Waals surface area (Å²) < 4.78 is 43.2. The Labute approximate surface area is 897 Å². The van der Waals surface area contributed by atoms with Gasteiger partial charge in [0.2, 0.25) is 5.91 Å². The van der Waals surface area contributed by atoms with Gasteiger partial charge in [0.25, 0.3) is 23.6 Å². The van der Waals surface area contributed by atoms with Crippen molar-refractivity contribution in [3.63, 3.8) is 0 Å². The number of anilines is 4. The van der Waals surface area contributed by atoms with Crippen LogP contribution in [0, 0.1) is 0 Å². The average molecular weight is 2140 g/mol. The molecule has 12 aromatic carbocycles. The third-order valence-electron chi connectivity index (χ3n) is 25.8. The van der Waals surface area contributed by atoms with E-state index in [1.807, 2.05) is 172 Å². The van der Waals surface area contributed by atoms with Crippen LogP contribution >= 0.6 is 69.6 Å². The minimum absolute atomic E-state index is 0.131. The van der Waals surface area contributed by atoms with Crippen molar-refractivity contribution in [1.29, 1.82) is 0 Å². The van der Waals surface area contributed by atoms with Crippen LogP contribution in [-0.4, -0.2) is 242 Å². The van der Waals surface area contributed by atoms with Crippen LogP contribution in [0.5, 0.6) is 46.0 Å². The van der Waals surface area contributed by atoms with Gasteiger partial charge in [-0.15, -0.1) is 0 Å². The number of carbonyl (C=O) groups excluding carboxylic acids is 5. The second kappa shape index (κ2) is 50.3. The van der Waals surface area contributed by atoms with Crippen LogP contribution < -0.4 is 84.9 Å². The molecule has 0 radical (unpaired) electrons. The lowest BCUT2D eigenvalue weighted by Crippen LogP contribution is -2.54. The highest BCUT2D eigenvalue weighted by atomic mass is 35.5. The highest BCUT2D eigenvalue weighted by Crippen LogP contribution is 2.51. The first-order valence-electron chi connectivity index (χ1n) is 48.2. The van der Waals surface area contributed by atoms with Gasteiger partial charge in [0, 0.05) is 173 Å². The number of hydrogen-bond donors (Lipinski definition) is 8. The summed E-state index contributed by atoms with van der Waals surface area (Å²) in [5, 5.41) is 33.0. The predicted octanol–water partition coefficient (Wildman–Crippen LogP) is 19.3. The molecule has 30 nitrogen and oxygen atoms in total. The fourth-order valence-corrected chi connectivity index (χ4v) is 20.3. The quantitative estimate of drug-likeness (QED) is 0.0211. The second-order valence-electron chi connectivity index (χ2n) is 36.5. The summed E-state index contributed by atoms with van der Waals surface area (Å²) >= 11 is 39.6. The molecule has 2 saturated heterocycles. The molecule has 6 aliphatic heterocycles. The molecule has 36 heteroatoms. The Morgan fingerprint density at radius 2 is 0.691 bits per heavy atom. The number of rotatable bonds is 28. The standard InChI is InChI=1S/C29H30Cl2N4O4.C29H32N4O3.C28H30Cl2N4O3.C27H26Cl2N4O4/c1-38-23-16-24(39-2)27(31)25(26(23)30)19-5-8-22-20(15-19)17-32-28(22)33-29(37)18-3-6-21(7-4-18)35-11-9-34(10-12-35)13-14-36;1-18-16-33(17-19(2)31-18)24-8-5-20(6-9-24)29(34)32-28-27-10-7-21(11-23(27)15-30-28)22-12-25(35-3)14-26(13-22)36-4;1-34(2)13-5-12-31-20-9-6-17(7-10-20)28(35)33-27-21-11-8-18(14-19(21)16-32-27)24-25(29)22(36-3)15-23(37-4)26(24)30;1-33(2)14-22(34)31-18-8-5-15(6-9-18)27(35)32-26-19-10-7-16(11-17(19)13-30-26)23-24(28)20(36-3)12-21(37-4)25(23)29/h3-8,15-16,36H,9-14,17H2,1-2H3,(H,32,33,37);5-14,18-19,31H,15-17H2,1-4H3,(H,30,32,34);6-11,14-15,31H,5,12-13,16H2,1-4H3,(H,32,33,35);5-12H,13-14H2,1-4H3,(H,31,34)(H,30,32,35)/t;18-,19+;;. The molecule has 0 saturated carbocycles. The van der Waals surface area contributed by atoms with E-state index < -0.39 is 0 Å². The van der Waals surface area contributed by atoms with Gasteiger partial charge in [-0.2, -0.15) is 0 Å². The van der Waals surface area contributed by atoms with E-state index in [4.69, 9.17) is 113 Å². The summed E-state index contributed by atoms with van der Waals surface area (Å²) in [7, 11) is 20.3. The molecule has 12 aromatic rings. The van der Waals surface area contributed by atoms with Gasteiger partial charge >= 0.3 is 0 Å². The summed E-state index contributed by atoms with van der Waals surface area (Å²) in [4.78, 5) is 92.8. The highest BCUT2D eigenvalue weighted by Gasteiger charge is 2.31. The number of amidine groups is 4. The van der Waals surface area contributed by atoms with Crippen molar-refractivity contribution < 1.29 is 67.0 Å². The van der Waals surface area contributed by atoms with E-state index in [0.29, 0.717) is 177 Å². The average Bonchev–Trinajstić information content (AvgIpc) is 1.76. The third kappa shape index (κ3) is 26.3. The zero-order valence-electron chi connectivity index (χ0n) is 85.1. The number of halogens is 6. The molecule has 0 spiro atoms. The Morgan fingerprint density at radius 3 is 1.01 bits per heavy atom. The molecule has 18 rings (SSSR count). The summed E-state index contributed by atoms with van der Waals surface area (Å²) in [6.07, 6.45) is 1.04. The lowest BCUT2D eigenvalue weighted by atomic mass is 9.99. The van der Waals surface area contributed by atoms with Crippen LogP contribution in [0.4, 0.5) is 22.7 Å². The minimum Gasteiger partial charge on any atom is -0.497 e. The summed E-state index contributed by atoms with van der Waals surface area (Å²) in [6.45, 7) is 14.7. The molecule has 0 unspecified atom stereocenters. The number of piperazine rings is 2. The maximum atomic E-state index is 13.0. The van der Waals surface area contributed by atoms with Crippen molar-refractivity contribution in [2.75, 3.05) is 178 Å². The Hall–Kier alpha value is -14.0. The SMILES string of the molecule is COc1cc(OC)c(Cl)c(-c2ccc3c(c2)CN=C3NC(=O)c2ccc(N3CCN(CCO)CC3)cc2)c1Cl.COc1cc(OC)c(Cl)c(-c2ccc3c(c2)CN=C3NC(=O)c2ccc(NC(=O)CN(C)C)cc2)c1Cl.COc1cc(OC)c(Cl)c(-c2ccc3c(c2)CN=C3NC(=O)c2ccc(NCCCN(C)C)cc2)c1Cl.COc1cc(OC)cc(-c2ccc3c(c2)CN=C3NC(=O)c2ccc(N3C[C@@H](C)N[C@@H](C)C3)cc2)c1. The molecule has 149 heavy (non-hydrogen) atoms. The van der Waals surface area contributed by atoms with Gasteiger partial charge in [-0.1, -0.05) is 118 Å². The van der Waals surface area contributed by atoms with E-state index in [-0.39, 0.29) is 42.7 Å². The smallest absolute Gasteiger partial charge is 0.256 e. The van der Waals surface area contributed by atoms with Gasteiger partial charge in [-0.3, -0.25) is 48.8 Å². The van der Waals surface area contributed by atoms with E-state index in [2.05, 4.69) is 111 Å². The molecule has 0 aliphatic carbocycles.